The van der Waals surface area contributed by atoms with Gasteiger partial charge in [0, 0.05) is 30.4 Å². The van der Waals surface area contributed by atoms with Gasteiger partial charge in [0.05, 0.1) is 0 Å². The zero-order valence-electron chi connectivity index (χ0n) is 15.8. The first-order valence-corrected chi connectivity index (χ1v) is 9.51. The number of benzene rings is 2. The van der Waals surface area contributed by atoms with E-state index in [1.807, 2.05) is 59.2 Å². The Hall–Kier alpha value is -3.47. The van der Waals surface area contributed by atoms with Gasteiger partial charge in [-0.25, -0.2) is 9.97 Å². The van der Waals surface area contributed by atoms with Crippen molar-refractivity contribution in [3.63, 3.8) is 0 Å². The fraction of sp³-hybridized carbons (Fsp3) is 0.174. The molecule has 0 saturated heterocycles. The summed E-state index contributed by atoms with van der Waals surface area (Å²) < 4.78 is 2.05. The molecule has 0 spiro atoms. The predicted molar refractivity (Wildman–Crippen MR) is 111 cm³/mol. The zero-order valence-corrected chi connectivity index (χ0v) is 15.8. The molecule has 1 amide bonds. The van der Waals surface area contributed by atoms with Gasteiger partial charge in [-0.15, -0.1) is 0 Å². The molecule has 0 aliphatic rings. The number of nitrogens with zero attached hydrogens (tertiary/aromatic N) is 3. The van der Waals surface area contributed by atoms with Crippen LogP contribution in [0, 0.1) is 0 Å². The first-order valence-electron chi connectivity index (χ1n) is 9.51. The summed E-state index contributed by atoms with van der Waals surface area (Å²) >= 11 is 0. The zero-order chi connectivity index (χ0) is 19.3. The van der Waals surface area contributed by atoms with E-state index in [0.29, 0.717) is 12.1 Å². The minimum atomic E-state index is -0.0631. The molecule has 0 atom stereocenters. The molecule has 4 rings (SSSR count). The van der Waals surface area contributed by atoms with Gasteiger partial charge in [-0.2, -0.15) is 0 Å². The van der Waals surface area contributed by atoms with Gasteiger partial charge in [0.15, 0.2) is 5.65 Å². The molecule has 4 aromatic rings. The summed E-state index contributed by atoms with van der Waals surface area (Å²) in [6, 6.07) is 21.6. The van der Waals surface area contributed by atoms with Gasteiger partial charge in [-0.05, 0) is 48.4 Å². The smallest absolute Gasteiger partial charge is 0.251 e. The molecule has 140 valence electrons. The van der Waals surface area contributed by atoms with E-state index >= 15 is 0 Å². The summed E-state index contributed by atoms with van der Waals surface area (Å²) in [6.07, 6.45) is 3.39. The van der Waals surface area contributed by atoms with E-state index in [9.17, 15) is 4.79 Å². The van der Waals surface area contributed by atoms with Crippen LogP contribution in [0.4, 0.5) is 0 Å². The van der Waals surface area contributed by atoms with Crippen molar-refractivity contribution in [1.29, 1.82) is 0 Å². The van der Waals surface area contributed by atoms with Crippen LogP contribution >= 0.6 is 0 Å². The van der Waals surface area contributed by atoms with Crippen molar-refractivity contribution in [2.45, 2.75) is 19.8 Å². The molecule has 1 N–H and O–H groups in total. The average Bonchev–Trinajstić information content (AvgIpc) is 3.13. The Morgan fingerprint density at radius 1 is 1.00 bits per heavy atom. The van der Waals surface area contributed by atoms with Gasteiger partial charge in [0.2, 0.25) is 0 Å². The lowest BCUT2D eigenvalue weighted by atomic mass is 10.1. The van der Waals surface area contributed by atoms with Gasteiger partial charge in [0.25, 0.3) is 5.91 Å². The van der Waals surface area contributed by atoms with Crippen LogP contribution < -0.4 is 5.32 Å². The summed E-state index contributed by atoms with van der Waals surface area (Å²) in [4.78, 5) is 21.6. The number of carbonyl (C=O) groups is 1. The lowest BCUT2D eigenvalue weighted by molar-refractivity contribution is 0.0954. The van der Waals surface area contributed by atoms with Gasteiger partial charge in [-0.3, -0.25) is 9.36 Å². The Labute approximate surface area is 164 Å². The predicted octanol–water partition coefficient (Wildman–Crippen LogP) is 3.96. The quantitative estimate of drug-likeness (QED) is 0.559. The van der Waals surface area contributed by atoms with E-state index in [-0.39, 0.29) is 5.91 Å². The molecule has 2 aromatic carbocycles. The van der Waals surface area contributed by atoms with Crippen LogP contribution in [-0.4, -0.2) is 27.0 Å². The van der Waals surface area contributed by atoms with Crippen molar-refractivity contribution >= 4 is 17.1 Å². The van der Waals surface area contributed by atoms with E-state index in [2.05, 4.69) is 34.3 Å². The van der Waals surface area contributed by atoms with E-state index in [4.69, 9.17) is 0 Å². The van der Waals surface area contributed by atoms with Gasteiger partial charge < -0.3 is 5.32 Å². The number of aryl methyl sites for hydroxylation is 1. The third-order valence-electron chi connectivity index (χ3n) is 4.73. The maximum absolute atomic E-state index is 12.4. The molecule has 0 unspecified atom stereocenters. The second-order valence-corrected chi connectivity index (χ2v) is 6.60. The highest BCUT2D eigenvalue weighted by molar-refractivity contribution is 5.94. The minimum Gasteiger partial charge on any atom is -0.352 e. The van der Waals surface area contributed by atoms with Crippen LogP contribution in [0.2, 0.25) is 0 Å². The summed E-state index contributed by atoms with van der Waals surface area (Å²) in [5.41, 5.74) is 4.53. The fourth-order valence-corrected chi connectivity index (χ4v) is 3.30. The lowest BCUT2D eigenvalue weighted by Crippen LogP contribution is -2.25. The second-order valence-electron chi connectivity index (χ2n) is 6.60. The molecular formula is C23H22N4O. The SMILES string of the molecule is CCc1nc2cccnc2n1-c1ccc(C(=O)NCCc2ccccc2)cc1. The Balaban J connectivity index is 1.49. The standard InChI is InChI=1S/C23H22N4O/c1-2-21-26-20-9-6-15-24-22(20)27(21)19-12-10-18(11-13-19)23(28)25-16-14-17-7-4-3-5-8-17/h3-13,15H,2,14,16H2,1H3,(H,25,28). The van der Waals surface area contributed by atoms with Crippen LogP contribution in [0.25, 0.3) is 16.9 Å². The summed E-state index contributed by atoms with van der Waals surface area (Å²) in [5, 5.41) is 2.98. The van der Waals surface area contributed by atoms with E-state index in [0.717, 1.165) is 35.5 Å². The largest absolute Gasteiger partial charge is 0.352 e. The molecule has 28 heavy (non-hydrogen) atoms. The number of aromatic nitrogens is 3. The molecule has 0 fully saturated rings. The first kappa shape index (κ1) is 17.9. The molecule has 0 saturated carbocycles. The molecular weight excluding hydrogens is 348 g/mol. The minimum absolute atomic E-state index is 0.0631. The van der Waals surface area contributed by atoms with Gasteiger partial charge in [0.1, 0.15) is 11.3 Å². The summed E-state index contributed by atoms with van der Waals surface area (Å²) in [7, 11) is 0. The van der Waals surface area contributed by atoms with Gasteiger partial charge >= 0.3 is 0 Å². The Morgan fingerprint density at radius 3 is 2.54 bits per heavy atom. The summed E-state index contributed by atoms with van der Waals surface area (Å²) in [6.45, 7) is 2.69. The van der Waals surface area contributed by atoms with Crippen LogP contribution in [0.3, 0.4) is 0 Å². The van der Waals surface area contributed by atoms with Crippen molar-refractivity contribution < 1.29 is 4.79 Å². The normalized spacial score (nSPS) is 10.9. The number of amides is 1. The highest BCUT2D eigenvalue weighted by atomic mass is 16.1. The van der Waals surface area contributed by atoms with Crippen molar-refractivity contribution in [3.8, 4) is 5.69 Å². The number of hydrogen-bond acceptors (Lipinski definition) is 3. The average molecular weight is 370 g/mol. The lowest BCUT2D eigenvalue weighted by Gasteiger charge is -2.09. The number of fused-ring (bicyclic) bond motifs is 1. The van der Waals surface area contributed by atoms with E-state index in [1.54, 1.807) is 6.20 Å². The number of nitrogens with one attached hydrogen (secondary N) is 1. The molecule has 0 radical (unpaired) electrons. The summed E-state index contributed by atoms with van der Waals surface area (Å²) in [5.74, 6) is 0.889. The number of carbonyl (C=O) groups excluding carboxylic acids is 1. The monoisotopic (exact) mass is 370 g/mol. The first-order chi connectivity index (χ1) is 13.8. The maximum Gasteiger partial charge on any atom is 0.251 e. The molecule has 2 heterocycles. The number of imidazole rings is 1. The molecule has 0 aliphatic heterocycles. The third kappa shape index (κ3) is 3.64. The van der Waals surface area contributed by atoms with E-state index in [1.165, 1.54) is 5.56 Å². The number of hydrogen-bond donors (Lipinski definition) is 1. The van der Waals surface area contributed by atoms with Crippen LogP contribution in [0.1, 0.15) is 28.7 Å². The number of pyridine rings is 1. The van der Waals surface area contributed by atoms with Gasteiger partial charge in [-0.1, -0.05) is 37.3 Å². The molecule has 0 aliphatic carbocycles. The molecule has 0 bridgehead atoms. The van der Waals surface area contributed by atoms with Crippen molar-refractivity contribution in [2.24, 2.45) is 0 Å². The fourth-order valence-electron chi connectivity index (χ4n) is 3.30. The topological polar surface area (TPSA) is 59.8 Å². The van der Waals surface area contributed by atoms with Crippen molar-refractivity contribution in [3.05, 3.63) is 89.9 Å². The third-order valence-corrected chi connectivity index (χ3v) is 4.73. The molecule has 2 aromatic heterocycles. The van der Waals surface area contributed by atoms with Crippen LogP contribution in [0.15, 0.2) is 72.9 Å². The highest BCUT2D eigenvalue weighted by Gasteiger charge is 2.12. The highest BCUT2D eigenvalue weighted by Crippen LogP contribution is 2.20. The molecule has 5 heteroatoms. The molecule has 5 nitrogen and oxygen atoms in total. The van der Waals surface area contributed by atoms with Crippen molar-refractivity contribution in [1.82, 2.24) is 19.9 Å². The second kappa shape index (κ2) is 8.05. The number of rotatable bonds is 6. The Morgan fingerprint density at radius 2 is 1.79 bits per heavy atom. The Kier molecular flexibility index (Phi) is 5.15. The van der Waals surface area contributed by atoms with Crippen molar-refractivity contribution in [2.75, 3.05) is 6.54 Å². The van der Waals surface area contributed by atoms with Crippen LogP contribution in [0.5, 0.6) is 0 Å². The van der Waals surface area contributed by atoms with Crippen LogP contribution in [-0.2, 0) is 12.8 Å². The van der Waals surface area contributed by atoms with E-state index < -0.39 is 0 Å². The maximum atomic E-state index is 12.4. The Bertz CT molecular complexity index is 1080.